The number of hydrogen-bond acceptors (Lipinski definition) is 4. The van der Waals surface area contributed by atoms with Gasteiger partial charge in [-0.1, -0.05) is 18.2 Å². The van der Waals surface area contributed by atoms with E-state index in [1.807, 2.05) is 37.3 Å². The normalized spacial score (nSPS) is 25.7. The van der Waals surface area contributed by atoms with Gasteiger partial charge in [-0.15, -0.1) is 0 Å². The number of ether oxygens (including phenoxy) is 1. The molecule has 1 aromatic carbocycles. The number of amides is 2. The van der Waals surface area contributed by atoms with Crippen LogP contribution in [0, 0.1) is 0 Å². The molecule has 2 aliphatic rings. The van der Waals surface area contributed by atoms with Crippen LogP contribution in [0.5, 0.6) is 0 Å². The van der Waals surface area contributed by atoms with E-state index in [4.69, 9.17) is 4.74 Å². The molecule has 0 unspecified atom stereocenters. The molecule has 2 fully saturated rings. The summed E-state index contributed by atoms with van der Waals surface area (Å²) in [7, 11) is 0. The lowest BCUT2D eigenvalue weighted by atomic mass is 9.85. The molecule has 134 valence electrons. The minimum atomic E-state index is -0.460. The molecule has 1 aromatic heterocycles. The highest BCUT2D eigenvalue weighted by atomic mass is 16.5. The quantitative estimate of drug-likeness (QED) is 0.831. The Bertz CT molecular complexity index is 812. The lowest BCUT2D eigenvalue weighted by Gasteiger charge is -2.52. The van der Waals surface area contributed by atoms with Crippen LogP contribution in [0.2, 0.25) is 0 Å². The summed E-state index contributed by atoms with van der Waals surface area (Å²) in [5, 5.41) is 0. The van der Waals surface area contributed by atoms with E-state index in [2.05, 4.69) is 4.98 Å². The number of nitrogens with zero attached hydrogens (tertiary/aromatic N) is 3. The second kappa shape index (κ2) is 6.53. The fraction of sp³-hybridized carbons (Fsp3) is 0.350. The molecular formula is C20H21N3O3. The second-order valence-corrected chi connectivity index (χ2v) is 6.95. The first-order valence-corrected chi connectivity index (χ1v) is 8.79. The minimum Gasteiger partial charge on any atom is -0.363 e. The summed E-state index contributed by atoms with van der Waals surface area (Å²) in [5.41, 5.74) is 0.992. The number of para-hydroxylation sites is 1. The van der Waals surface area contributed by atoms with Gasteiger partial charge in [-0.2, -0.15) is 0 Å². The Morgan fingerprint density at radius 2 is 1.92 bits per heavy atom. The molecule has 0 radical (unpaired) electrons. The summed E-state index contributed by atoms with van der Waals surface area (Å²) in [4.78, 5) is 33.1. The van der Waals surface area contributed by atoms with E-state index < -0.39 is 5.60 Å². The molecule has 26 heavy (non-hydrogen) atoms. The average molecular weight is 351 g/mol. The second-order valence-electron chi connectivity index (χ2n) is 6.95. The molecule has 2 saturated heterocycles. The topological polar surface area (TPSA) is 62.7 Å². The van der Waals surface area contributed by atoms with E-state index in [-0.39, 0.29) is 24.5 Å². The molecule has 0 aliphatic carbocycles. The zero-order chi connectivity index (χ0) is 18.1. The van der Waals surface area contributed by atoms with Crippen molar-refractivity contribution in [3.05, 3.63) is 60.4 Å². The van der Waals surface area contributed by atoms with Crippen LogP contribution in [-0.4, -0.2) is 53.0 Å². The van der Waals surface area contributed by atoms with Crippen LogP contribution in [-0.2, 0) is 9.53 Å². The first kappa shape index (κ1) is 16.7. The number of pyridine rings is 1. The third-order valence-corrected chi connectivity index (χ3v) is 5.33. The number of benzene rings is 1. The van der Waals surface area contributed by atoms with Gasteiger partial charge in [-0.3, -0.25) is 14.6 Å². The lowest BCUT2D eigenvalue weighted by Crippen LogP contribution is -2.68. The monoisotopic (exact) mass is 351 g/mol. The molecule has 6 heteroatoms. The number of morpholine rings is 1. The maximum atomic E-state index is 12.9. The lowest BCUT2D eigenvalue weighted by molar-refractivity contribution is -0.149. The van der Waals surface area contributed by atoms with Gasteiger partial charge in [0.25, 0.3) is 11.8 Å². The van der Waals surface area contributed by atoms with Crippen molar-refractivity contribution in [3.8, 4) is 0 Å². The summed E-state index contributed by atoms with van der Waals surface area (Å²) in [6.45, 7) is 3.15. The maximum absolute atomic E-state index is 12.9. The van der Waals surface area contributed by atoms with Crippen molar-refractivity contribution in [3.63, 3.8) is 0 Å². The van der Waals surface area contributed by atoms with E-state index >= 15 is 0 Å². The fourth-order valence-corrected chi connectivity index (χ4v) is 3.78. The summed E-state index contributed by atoms with van der Waals surface area (Å²) in [5.74, 6) is -0.114. The zero-order valence-corrected chi connectivity index (χ0v) is 14.7. The Hall–Kier alpha value is -2.73. The number of carbonyl (C=O) groups excluding carboxylic acids is 2. The van der Waals surface area contributed by atoms with Crippen molar-refractivity contribution in [2.75, 3.05) is 24.6 Å². The van der Waals surface area contributed by atoms with Crippen molar-refractivity contribution in [2.24, 2.45) is 0 Å². The predicted octanol–water partition coefficient (Wildman–Crippen LogP) is 2.12. The number of fused-ring (bicyclic) bond motifs is 1. The Labute approximate surface area is 152 Å². The van der Waals surface area contributed by atoms with Crippen LogP contribution in [0.4, 0.5) is 5.69 Å². The number of likely N-dealkylation sites (tertiary alicyclic amines) is 1. The molecule has 2 aromatic rings. The standard InChI is InChI=1S/C20H21N3O3/c1-20-9-12-22(19(25)15-7-10-21-11-8-15)13-17(20)23(18(24)14-26-20)16-5-3-2-4-6-16/h2-8,10-11,17H,9,12-14H2,1H3/t17-,20-/m1/s1. The van der Waals surface area contributed by atoms with Crippen LogP contribution in [0.3, 0.4) is 0 Å². The van der Waals surface area contributed by atoms with E-state index in [9.17, 15) is 9.59 Å². The average Bonchev–Trinajstić information content (AvgIpc) is 2.69. The Balaban J connectivity index is 1.64. The first-order chi connectivity index (χ1) is 12.6. The molecule has 0 bridgehead atoms. The summed E-state index contributed by atoms with van der Waals surface area (Å²) in [6, 6.07) is 12.8. The highest BCUT2D eigenvalue weighted by Crippen LogP contribution is 2.36. The first-order valence-electron chi connectivity index (χ1n) is 8.79. The van der Waals surface area contributed by atoms with Crippen LogP contribution >= 0.6 is 0 Å². The van der Waals surface area contributed by atoms with Gasteiger partial charge < -0.3 is 14.5 Å². The molecule has 2 amide bonds. The molecular weight excluding hydrogens is 330 g/mol. The molecule has 2 atom stereocenters. The van der Waals surface area contributed by atoms with Gasteiger partial charge in [0.1, 0.15) is 6.61 Å². The molecule has 4 rings (SSSR count). The van der Waals surface area contributed by atoms with Crippen molar-refractivity contribution in [1.82, 2.24) is 9.88 Å². The van der Waals surface area contributed by atoms with E-state index in [1.165, 1.54) is 0 Å². The van der Waals surface area contributed by atoms with Crippen molar-refractivity contribution >= 4 is 17.5 Å². The van der Waals surface area contributed by atoms with Gasteiger partial charge in [0, 0.05) is 36.7 Å². The summed E-state index contributed by atoms with van der Waals surface area (Å²) >= 11 is 0. The number of aromatic nitrogens is 1. The van der Waals surface area contributed by atoms with Gasteiger partial charge in [-0.05, 0) is 37.6 Å². The third kappa shape index (κ3) is 2.86. The maximum Gasteiger partial charge on any atom is 0.254 e. The number of rotatable bonds is 2. The van der Waals surface area contributed by atoms with E-state index in [0.29, 0.717) is 25.1 Å². The van der Waals surface area contributed by atoms with Crippen LogP contribution < -0.4 is 4.90 Å². The van der Waals surface area contributed by atoms with E-state index in [1.54, 1.807) is 34.3 Å². The summed E-state index contributed by atoms with van der Waals surface area (Å²) < 4.78 is 5.93. The van der Waals surface area contributed by atoms with Gasteiger partial charge in [-0.25, -0.2) is 0 Å². The highest BCUT2D eigenvalue weighted by Gasteiger charge is 2.50. The third-order valence-electron chi connectivity index (χ3n) is 5.33. The Kier molecular flexibility index (Phi) is 4.20. The Morgan fingerprint density at radius 3 is 2.65 bits per heavy atom. The van der Waals surface area contributed by atoms with Gasteiger partial charge in [0.2, 0.25) is 0 Å². The molecule has 2 aliphatic heterocycles. The molecule has 0 saturated carbocycles. The van der Waals surface area contributed by atoms with Crippen molar-refractivity contribution in [2.45, 2.75) is 25.0 Å². The number of anilines is 1. The van der Waals surface area contributed by atoms with Gasteiger partial charge >= 0.3 is 0 Å². The van der Waals surface area contributed by atoms with Crippen LogP contribution in [0.15, 0.2) is 54.9 Å². The van der Waals surface area contributed by atoms with Crippen molar-refractivity contribution < 1.29 is 14.3 Å². The summed E-state index contributed by atoms with van der Waals surface area (Å²) in [6.07, 6.45) is 3.92. The molecule has 6 nitrogen and oxygen atoms in total. The SMILES string of the molecule is C[C@@]12CCN(C(=O)c3ccncc3)C[C@H]1N(c1ccccc1)C(=O)CO2. The molecule has 3 heterocycles. The van der Waals surface area contributed by atoms with Gasteiger partial charge in [0.05, 0.1) is 11.6 Å². The number of piperidine rings is 1. The zero-order valence-electron chi connectivity index (χ0n) is 14.7. The smallest absolute Gasteiger partial charge is 0.254 e. The number of carbonyl (C=O) groups is 2. The Morgan fingerprint density at radius 1 is 1.19 bits per heavy atom. The van der Waals surface area contributed by atoms with Crippen LogP contribution in [0.25, 0.3) is 0 Å². The predicted molar refractivity (Wildman–Crippen MR) is 96.8 cm³/mol. The highest BCUT2D eigenvalue weighted by molar-refractivity contribution is 5.97. The molecule has 0 spiro atoms. The molecule has 0 N–H and O–H groups in total. The van der Waals surface area contributed by atoms with Crippen molar-refractivity contribution in [1.29, 1.82) is 0 Å². The number of hydrogen-bond donors (Lipinski definition) is 0. The minimum absolute atomic E-state index is 0.0412. The largest absolute Gasteiger partial charge is 0.363 e. The van der Waals surface area contributed by atoms with Gasteiger partial charge in [0.15, 0.2) is 0 Å². The fourth-order valence-electron chi connectivity index (χ4n) is 3.78. The van der Waals surface area contributed by atoms with Crippen LogP contribution in [0.1, 0.15) is 23.7 Å². The van der Waals surface area contributed by atoms with E-state index in [0.717, 1.165) is 5.69 Å².